The molecular formula is C14H17N5. The van der Waals surface area contributed by atoms with Crippen LogP contribution in [0.3, 0.4) is 0 Å². The minimum atomic E-state index is -0.0480. The summed E-state index contributed by atoms with van der Waals surface area (Å²) in [6.07, 6.45) is 1.65. The van der Waals surface area contributed by atoms with Gasteiger partial charge in [0.25, 0.3) is 0 Å². The standard InChI is InChI=1S/C14H17N5/c1-10-8-12(9-17-18-14(15)16)11(2)19(10)13-6-4-3-5-7-13/h3-9H,1-2H3,(H4,15,16,18)/b17-9+. The highest BCUT2D eigenvalue weighted by molar-refractivity contribution is 5.83. The van der Waals surface area contributed by atoms with Gasteiger partial charge in [0.1, 0.15) is 0 Å². The number of hydrogen-bond acceptors (Lipinski definition) is 2. The summed E-state index contributed by atoms with van der Waals surface area (Å²) in [5, 5.41) is 7.45. The molecule has 0 aliphatic carbocycles. The lowest BCUT2D eigenvalue weighted by Crippen LogP contribution is -2.21. The Morgan fingerprint density at radius 2 is 1.84 bits per heavy atom. The Bertz CT molecular complexity index is 619. The Morgan fingerprint density at radius 1 is 1.16 bits per heavy atom. The number of aryl methyl sites for hydroxylation is 1. The van der Waals surface area contributed by atoms with Gasteiger partial charge in [-0.05, 0) is 32.0 Å². The number of aromatic nitrogens is 1. The molecule has 98 valence electrons. The highest BCUT2D eigenvalue weighted by Crippen LogP contribution is 2.19. The quantitative estimate of drug-likeness (QED) is 0.497. The van der Waals surface area contributed by atoms with Crippen LogP contribution in [0.4, 0.5) is 0 Å². The zero-order valence-corrected chi connectivity index (χ0v) is 11.0. The third-order valence-electron chi connectivity index (χ3n) is 2.85. The molecule has 1 aromatic heterocycles. The monoisotopic (exact) mass is 255 g/mol. The maximum absolute atomic E-state index is 5.23. The first kappa shape index (κ1) is 12.9. The second kappa shape index (κ2) is 5.39. The normalized spacial score (nSPS) is 10.8. The Labute approximate surface area is 112 Å². The number of rotatable bonds is 3. The van der Waals surface area contributed by atoms with Crippen molar-refractivity contribution < 1.29 is 0 Å². The van der Waals surface area contributed by atoms with Gasteiger partial charge < -0.3 is 16.0 Å². The fourth-order valence-electron chi connectivity index (χ4n) is 2.05. The lowest BCUT2D eigenvalue weighted by molar-refractivity contribution is 0.965. The summed E-state index contributed by atoms with van der Waals surface area (Å²) in [5.41, 5.74) is 14.8. The van der Waals surface area contributed by atoms with E-state index in [1.165, 1.54) is 0 Å². The number of para-hydroxylation sites is 1. The molecular weight excluding hydrogens is 238 g/mol. The molecule has 1 heterocycles. The smallest absolute Gasteiger partial charge is 0.211 e. The molecule has 5 nitrogen and oxygen atoms in total. The predicted molar refractivity (Wildman–Crippen MR) is 78.6 cm³/mol. The summed E-state index contributed by atoms with van der Waals surface area (Å²) in [6.45, 7) is 4.09. The van der Waals surface area contributed by atoms with Crippen LogP contribution in [0.15, 0.2) is 46.6 Å². The Morgan fingerprint density at radius 3 is 2.47 bits per heavy atom. The number of benzene rings is 1. The predicted octanol–water partition coefficient (Wildman–Crippen LogP) is 1.70. The molecule has 4 N–H and O–H groups in total. The zero-order valence-electron chi connectivity index (χ0n) is 11.0. The summed E-state index contributed by atoms with van der Waals surface area (Å²) < 4.78 is 2.16. The molecule has 0 amide bonds. The molecule has 5 heteroatoms. The van der Waals surface area contributed by atoms with Crippen LogP contribution in [0.5, 0.6) is 0 Å². The van der Waals surface area contributed by atoms with Gasteiger partial charge >= 0.3 is 0 Å². The molecule has 0 spiro atoms. The fraction of sp³-hybridized carbons (Fsp3) is 0.143. The Kier molecular flexibility index (Phi) is 3.66. The van der Waals surface area contributed by atoms with Gasteiger partial charge in [0.05, 0.1) is 6.21 Å². The summed E-state index contributed by atoms with van der Waals surface area (Å²) in [6, 6.07) is 12.2. The van der Waals surface area contributed by atoms with Crippen molar-refractivity contribution in [1.82, 2.24) is 4.57 Å². The van der Waals surface area contributed by atoms with Gasteiger partial charge in [-0.2, -0.15) is 5.10 Å². The van der Waals surface area contributed by atoms with Crippen molar-refractivity contribution in [3.63, 3.8) is 0 Å². The van der Waals surface area contributed by atoms with E-state index in [-0.39, 0.29) is 5.96 Å². The lowest BCUT2D eigenvalue weighted by Gasteiger charge is -2.08. The van der Waals surface area contributed by atoms with Gasteiger partial charge in [0, 0.05) is 22.6 Å². The van der Waals surface area contributed by atoms with E-state index in [0.29, 0.717) is 0 Å². The van der Waals surface area contributed by atoms with Crippen molar-refractivity contribution in [1.29, 1.82) is 0 Å². The van der Waals surface area contributed by atoms with Gasteiger partial charge in [-0.15, -0.1) is 5.10 Å². The first-order valence-corrected chi connectivity index (χ1v) is 5.96. The highest BCUT2D eigenvalue weighted by Gasteiger charge is 2.08. The maximum atomic E-state index is 5.23. The van der Waals surface area contributed by atoms with E-state index < -0.39 is 0 Å². The zero-order chi connectivity index (χ0) is 13.8. The first-order valence-electron chi connectivity index (χ1n) is 5.96. The van der Waals surface area contributed by atoms with Gasteiger partial charge in [-0.25, -0.2) is 0 Å². The lowest BCUT2D eigenvalue weighted by atomic mass is 10.2. The average Bonchev–Trinajstić information content (AvgIpc) is 2.65. The van der Waals surface area contributed by atoms with Crippen LogP contribution in [-0.4, -0.2) is 16.7 Å². The molecule has 0 aliphatic heterocycles. The summed E-state index contributed by atoms with van der Waals surface area (Å²) in [5.74, 6) is -0.0480. The molecule has 0 radical (unpaired) electrons. The molecule has 0 unspecified atom stereocenters. The number of nitrogens with two attached hydrogens (primary N) is 2. The number of nitrogens with zero attached hydrogens (tertiary/aromatic N) is 3. The summed E-state index contributed by atoms with van der Waals surface area (Å²) >= 11 is 0. The average molecular weight is 255 g/mol. The van der Waals surface area contributed by atoms with Crippen molar-refractivity contribution in [3.05, 3.63) is 53.3 Å². The van der Waals surface area contributed by atoms with E-state index in [2.05, 4.69) is 33.8 Å². The third kappa shape index (κ3) is 2.82. The molecule has 0 saturated heterocycles. The second-order valence-electron chi connectivity index (χ2n) is 4.27. The number of hydrogen-bond donors (Lipinski definition) is 2. The van der Waals surface area contributed by atoms with Crippen LogP contribution in [0, 0.1) is 13.8 Å². The Balaban J connectivity index is 2.41. The van der Waals surface area contributed by atoms with Crippen LogP contribution < -0.4 is 11.5 Å². The molecule has 0 bridgehead atoms. The van der Waals surface area contributed by atoms with E-state index in [1.54, 1.807) is 6.21 Å². The maximum Gasteiger partial charge on any atom is 0.211 e. The third-order valence-corrected chi connectivity index (χ3v) is 2.85. The molecule has 2 aromatic rings. The fourth-order valence-corrected chi connectivity index (χ4v) is 2.05. The molecule has 0 aliphatic rings. The van der Waals surface area contributed by atoms with Gasteiger partial charge in [-0.3, -0.25) is 0 Å². The summed E-state index contributed by atoms with van der Waals surface area (Å²) in [4.78, 5) is 0. The van der Waals surface area contributed by atoms with Crippen LogP contribution in [0.25, 0.3) is 5.69 Å². The topological polar surface area (TPSA) is 81.7 Å². The second-order valence-corrected chi connectivity index (χ2v) is 4.27. The van der Waals surface area contributed by atoms with Gasteiger partial charge in [0.15, 0.2) is 0 Å². The van der Waals surface area contributed by atoms with Crippen LogP contribution in [-0.2, 0) is 0 Å². The van der Waals surface area contributed by atoms with Gasteiger partial charge in [0.2, 0.25) is 5.96 Å². The number of guanidine groups is 1. The van der Waals surface area contributed by atoms with Crippen molar-refractivity contribution in [2.24, 2.45) is 21.7 Å². The van der Waals surface area contributed by atoms with E-state index in [0.717, 1.165) is 22.6 Å². The van der Waals surface area contributed by atoms with E-state index in [4.69, 9.17) is 11.5 Å². The minimum absolute atomic E-state index is 0.0480. The van der Waals surface area contributed by atoms with Crippen molar-refractivity contribution in [2.75, 3.05) is 0 Å². The molecule has 2 rings (SSSR count). The van der Waals surface area contributed by atoms with Crippen molar-refractivity contribution in [2.45, 2.75) is 13.8 Å². The summed E-state index contributed by atoms with van der Waals surface area (Å²) in [7, 11) is 0. The molecule has 0 atom stereocenters. The van der Waals surface area contributed by atoms with Gasteiger partial charge in [-0.1, -0.05) is 18.2 Å². The first-order chi connectivity index (χ1) is 9.09. The SMILES string of the molecule is Cc1cc(/C=N/N=C(N)N)c(C)n1-c1ccccc1. The van der Waals surface area contributed by atoms with Crippen LogP contribution >= 0.6 is 0 Å². The largest absolute Gasteiger partial charge is 0.369 e. The van der Waals surface area contributed by atoms with Crippen molar-refractivity contribution in [3.8, 4) is 5.69 Å². The van der Waals surface area contributed by atoms with E-state index in [9.17, 15) is 0 Å². The van der Waals surface area contributed by atoms with Crippen LogP contribution in [0.2, 0.25) is 0 Å². The van der Waals surface area contributed by atoms with E-state index in [1.807, 2.05) is 31.2 Å². The molecule has 1 aromatic carbocycles. The highest BCUT2D eigenvalue weighted by atomic mass is 15.3. The molecule has 0 fully saturated rings. The van der Waals surface area contributed by atoms with Crippen LogP contribution in [0.1, 0.15) is 17.0 Å². The van der Waals surface area contributed by atoms with Crippen molar-refractivity contribution >= 4 is 12.2 Å². The van der Waals surface area contributed by atoms with E-state index >= 15 is 0 Å². The molecule has 0 saturated carbocycles. The minimum Gasteiger partial charge on any atom is -0.369 e. The Hall–Kier alpha value is -2.56. The molecule has 19 heavy (non-hydrogen) atoms.